The first-order valence-corrected chi connectivity index (χ1v) is 6.43. The summed E-state index contributed by atoms with van der Waals surface area (Å²) in [6.07, 6.45) is 3.60. The predicted octanol–water partition coefficient (Wildman–Crippen LogP) is 1.92. The Labute approximate surface area is 114 Å². The third kappa shape index (κ3) is 3.59. The largest absolute Gasteiger partial charge is 0.329 e. The van der Waals surface area contributed by atoms with Crippen LogP contribution in [-0.4, -0.2) is 28.5 Å². The Morgan fingerprint density at radius 3 is 2.58 bits per heavy atom. The van der Waals surface area contributed by atoms with Crippen LogP contribution >= 0.6 is 0 Å². The lowest BCUT2D eigenvalue weighted by molar-refractivity contribution is 0.239. The second-order valence-electron chi connectivity index (χ2n) is 4.72. The molecule has 2 aromatic rings. The summed E-state index contributed by atoms with van der Waals surface area (Å²) in [4.78, 5) is 10.8. The van der Waals surface area contributed by atoms with E-state index >= 15 is 0 Å². The average Bonchev–Trinajstić information content (AvgIpc) is 2.41. The molecule has 4 nitrogen and oxygen atoms in total. The second-order valence-corrected chi connectivity index (χ2v) is 4.72. The van der Waals surface area contributed by atoms with Crippen LogP contribution in [-0.2, 0) is 6.54 Å². The average molecular weight is 256 g/mol. The van der Waals surface area contributed by atoms with E-state index in [0.29, 0.717) is 6.54 Å². The number of nitrogens with zero attached hydrogens (tertiary/aromatic N) is 3. The number of hydrogen-bond donors (Lipinski definition) is 1. The van der Waals surface area contributed by atoms with Crippen LogP contribution in [0.2, 0.25) is 0 Å². The van der Waals surface area contributed by atoms with Crippen molar-refractivity contribution in [2.75, 3.05) is 13.6 Å². The van der Waals surface area contributed by atoms with Crippen molar-refractivity contribution in [3.63, 3.8) is 0 Å². The first kappa shape index (κ1) is 13.6. The molecular weight excluding hydrogens is 236 g/mol. The minimum absolute atomic E-state index is 0.185. The number of pyridine rings is 2. The molecule has 2 N–H and O–H groups in total. The van der Waals surface area contributed by atoms with Gasteiger partial charge in [-0.15, -0.1) is 0 Å². The SMILES string of the molecule is Cc1cccc(CN(C)C(CN)c2ccncc2)n1. The molecule has 0 saturated heterocycles. The van der Waals surface area contributed by atoms with Gasteiger partial charge in [0.15, 0.2) is 0 Å². The molecule has 2 heterocycles. The molecule has 0 bridgehead atoms. The molecule has 1 unspecified atom stereocenters. The van der Waals surface area contributed by atoms with Crippen LogP contribution in [0.25, 0.3) is 0 Å². The first-order valence-electron chi connectivity index (χ1n) is 6.43. The number of hydrogen-bond acceptors (Lipinski definition) is 4. The van der Waals surface area contributed by atoms with Gasteiger partial charge in [0.25, 0.3) is 0 Å². The maximum absolute atomic E-state index is 5.91. The van der Waals surface area contributed by atoms with Gasteiger partial charge >= 0.3 is 0 Å². The van der Waals surface area contributed by atoms with E-state index in [0.717, 1.165) is 17.9 Å². The Hall–Kier alpha value is -1.78. The third-order valence-electron chi connectivity index (χ3n) is 3.20. The van der Waals surface area contributed by atoms with Crippen LogP contribution < -0.4 is 5.73 Å². The molecule has 100 valence electrons. The number of nitrogens with two attached hydrogens (primary N) is 1. The van der Waals surface area contributed by atoms with Crippen molar-refractivity contribution < 1.29 is 0 Å². The Bertz CT molecular complexity index is 513. The summed E-state index contributed by atoms with van der Waals surface area (Å²) in [5.41, 5.74) is 9.20. The van der Waals surface area contributed by atoms with E-state index in [1.54, 1.807) is 12.4 Å². The van der Waals surface area contributed by atoms with E-state index in [1.807, 2.05) is 37.3 Å². The van der Waals surface area contributed by atoms with Gasteiger partial charge in [-0.3, -0.25) is 14.9 Å². The van der Waals surface area contributed by atoms with E-state index in [4.69, 9.17) is 5.73 Å². The quantitative estimate of drug-likeness (QED) is 0.888. The Balaban J connectivity index is 2.11. The fraction of sp³-hybridized carbons (Fsp3) is 0.333. The summed E-state index contributed by atoms with van der Waals surface area (Å²) >= 11 is 0. The monoisotopic (exact) mass is 256 g/mol. The van der Waals surface area contributed by atoms with Gasteiger partial charge in [-0.05, 0) is 43.8 Å². The summed E-state index contributed by atoms with van der Waals surface area (Å²) < 4.78 is 0. The standard InChI is InChI=1S/C15H20N4/c1-12-4-3-5-14(18-12)11-19(2)15(10-16)13-6-8-17-9-7-13/h3-9,15H,10-11,16H2,1-2H3. The number of likely N-dealkylation sites (N-methyl/N-ethyl adjacent to an activating group) is 1. The van der Waals surface area contributed by atoms with Crippen molar-refractivity contribution in [2.45, 2.75) is 19.5 Å². The first-order chi connectivity index (χ1) is 9.20. The molecule has 0 aliphatic carbocycles. The fourth-order valence-electron chi connectivity index (χ4n) is 2.21. The summed E-state index contributed by atoms with van der Waals surface area (Å²) in [5.74, 6) is 0. The van der Waals surface area contributed by atoms with E-state index in [-0.39, 0.29) is 6.04 Å². The van der Waals surface area contributed by atoms with Gasteiger partial charge in [-0.1, -0.05) is 6.07 Å². The van der Waals surface area contributed by atoms with Crippen LogP contribution in [0.3, 0.4) is 0 Å². The number of aromatic nitrogens is 2. The van der Waals surface area contributed by atoms with Crippen LogP contribution in [0.4, 0.5) is 0 Å². The Kier molecular flexibility index (Phi) is 4.60. The van der Waals surface area contributed by atoms with E-state index in [2.05, 4.69) is 21.9 Å². The van der Waals surface area contributed by atoms with Crippen LogP contribution in [0.5, 0.6) is 0 Å². The highest BCUT2D eigenvalue weighted by Crippen LogP contribution is 2.19. The van der Waals surface area contributed by atoms with Crippen LogP contribution in [0, 0.1) is 6.92 Å². The lowest BCUT2D eigenvalue weighted by atomic mass is 10.1. The van der Waals surface area contributed by atoms with Gasteiger partial charge in [-0.25, -0.2) is 0 Å². The van der Waals surface area contributed by atoms with Gasteiger partial charge in [0.2, 0.25) is 0 Å². The second kappa shape index (κ2) is 6.41. The van der Waals surface area contributed by atoms with Crippen molar-refractivity contribution in [2.24, 2.45) is 5.73 Å². The molecule has 0 saturated carbocycles. The molecule has 0 aliphatic heterocycles. The zero-order valence-electron chi connectivity index (χ0n) is 11.5. The zero-order chi connectivity index (χ0) is 13.7. The van der Waals surface area contributed by atoms with Crippen molar-refractivity contribution >= 4 is 0 Å². The van der Waals surface area contributed by atoms with Crippen LogP contribution in [0.1, 0.15) is 23.0 Å². The third-order valence-corrected chi connectivity index (χ3v) is 3.20. The smallest absolute Gasteiger partial charge is 0.0547 e. The van der Waals surface area contributed by atoms with Crippen molar-refractivity contribution in [3.05, 3.63) is 59.7 Å². The maximum atomic E-state index is 5.91. The summed E-state index contributed by atoms with van der Waals surface area (Å²) in [6.45, 7) is 3.37. The maximum Gasteiger partial charge on any atom is 0.0547 e. The Morgan fingerprint density at radius 2 is 1.95 bits per heavy atom. The van der Waals surface area contributed by atoms with E-state index in [1.165, 1.54) is 5.56 Å². The van der Waals surface area contributed by atoms with E-state index < -0.39 is 0 Å². The summed E-state index contributed by atoms with van der Waals surface area (Å²) in [5, 5.41) is 0. The highest BCUT2D eigenvalue weighted by molar-refractivity contribution is 5.16. The molecule has 0 fully saturated rings. The molecule has 0 spiro atoms. The number of rotatable bonds is 5. The van der Waals surface area contributed by atoms with E-state index in [9.17, 15) is 0 Å². The zero-order valence-corrected chi connectivity index (χ0v) is 11.5. The van der Waals surface area contributed by atoms with Crippen LogP contribution in [0.15, 0.2) is 42.7 Å². The molecule has 1 atom stereocenters. The minimum atomic E-state index is 0.185. The van der Waals surface area contributed by atoms with Gasteiger partial charge in [0, 0.05) is 37.2 Å². The predicted molar refractivity (Wildman–Crippen MR) is 76.5 cm³/mol. The fourth-order valence-corrected chi connectivity index (χ4v) is 2.21. The minimum Gasteiger partial charge on any atom is -0.329 e. The molecule has 2 aromatic heterocycles. The lowest BCUT2D eigenvalue weighted by Crippen LogP contribution is -2.30. The molecule has 0 aliphatic rings. The molecule has 19 heavy (non-hydrogen) atoms. The summed E-state index contributed by atoms with van der Waals surface area (Å²) in [7, 11) is 2.07. The molecule has 2 rings (SSSR count). The number of aryl methyl sites for hydroxylation is 1. The molecule has 0 amide bonds. The van der Waals surface area contributed by atoms with Gasteiger partial charge in [0.1, 0.15) is 0 Å². The van der Waals surface area contributed by atoms with Crippen molar-refractivity contribution in [3.8, 4) is 0 Å². The highest BCUT2D eigenvalue weighted by atomic mass is 15.1. The van der Waals surface area contributed by atoms with Gasteiger partial charge < -0.3 is 5.73 Å². The van der Waals surface area contributed by atoms with Crippen molar-refractivity contribution in [1.82, 2.24) is 14.9 Å². The Morgan fingerprint density at radius 1 is 1.21 bits per heavy atom. The molecule has 0 radical (unpaired) electrons. The van der Waals surface area contributed by atoms with Gasteiger partial charge in [-0.2, -0.15) is 0 Å². The normalized spacial score (nSPS) is 12.6. The topological polar surface area (TPSA) is 55.0 Å². The van der Waals surface area contributed by atoms with Crippen molar-refractivity contribution in [1.29, 1.82) is 0 Å². The molecular formula is C15H20N4. The molecule has 0 aromatic carbocycles. The van der Waals surface area contributed by atoms with Gasteiger partial charge in [0.05, 0.1) is 5.69 Å². The molecule has 4 heteroatoms. The summed E-state index contributed by atoms with van der Waals surface area (Å²) in [6, 6.07) is 10.3. The lowest BCUT2D eigenvalue weighted by Gasteiger charge is -2.27. The highest BCUT2D eigenvalue weighted by Gasteiger charge is 2.15.